The van der Waals surface area contributed by atoms with Crippen LogP contribution in [0.2, 0.25) is 0 Å². The third kappa shape index (κ3) is 4.49. The van der Waals surface area contributed by atoms with Crippen LogP contribution in [0.3, 0.4) is 0 Å². The molecule has 3 unspecified atom stereocenters. The van der Waals surface area contributed by atoms with Gasteiger partial charge in [0, 0.05) is 6.04 Å². The molecule has 0 aromatic heterocycles. The Morgan fingerprint density at radius 2 is 2.05 bits per heavy atom. The van der Waals surface area contributed by atoms with Crippen molar-refractivity contribution in [2.45, 2.75) is 39.2 Å². The first-order chi connectivity index (χ1) is 10.1. The van der Waals surface area contributed by atoms with Crippen molar-refractivity contribution in [3.8, 4) is 11.8 Å². The maximum absolute atomic E-state index is 11.9. The third-order valence-corrected chi connectivity index (χ3v) is 4.13. The molecule has 1 saturated carbocycles. The van der Waals surface area contributed by atoms with Crippen molar-refractivity contribution in [1.82, 2.24) is 5.32 Å². The summed E-state index contributed by atoms with van der Waals surface area (Å²) in [4.78, 5) is 11.9. The standard InChI is InChI=1S/C17H22N2O2/c1-12-3-8-16(13(2)9-12)19-17(20)11-21-15-6-4-14(10-18)5-7-15/h4-7,12-13,16H,3,8-9,11H2,1-2H3,(H,19,20). The van der Waals surface area contributed by atoms with E-state index in [2.05, 4.69) is 19.2 Å². The van der Waals surface area contributed by atoms with Crippen LogP contribution in [-0.2, 0) is 4.79 Å². The molecule has 0 bridgehead atoms. The molecule has 1 aromatic rings. The van der Waals surface area contributed by atoms with Gasteiger partial charge in [0.25, 0.3) is 5.91 Å². The summed E-state index contributed by atoms with van der Waals surface area (Å²) in [5.41, 5.74) is 0.581. The quantitative estimate of drug-likeness (QED) is 0.925. The summed E-state index contributed by atoms with van der Waals surface area (Å²) in [6, 6.07) is 9.08. The molecule has 21 heavy (non-hydrogen) atoms. The Labute approximate surface area is 126 Å². The first-order valence-corrected chi connectivity index (χ1v) is 7.51. The first-order valence-electron chi connectivity index (χ1n) is 7.51. The lowest BCUT2D eigenvalue weighted by Gasteiger charge is -2.33. The molecule has 4 heteroatoms. The van der Waals surface area contributed by atoms with Gasteiger partial charge in [-0.1, -0.05) is 13.8 Å². The van der Waals surface area contributed by atoms with Crippen molar-refractivity contribution in [1.29, 1.82) is 5.26 Å². The molecule has 0 spiro atoms. The Morgan fingerprint density at radius 3 is 2.67 bits per heavy atom. The highest BCUT2D eigenvalue weighted by Gasteiger charge is 2.26. The minimum atomic E-state index is -0.0780. The SMILES string of the molecule is CC1CCC(NC(=O)COc2ccc(C#N)cc2)C(C)C1. The minimum Gasteiger partial charge on any atom is -0.484 e. The van der Waals surface area contributed by atoms with Gasteiger partial charge < -0.3 is 10.1 Å². The number of carbonyl (C=O) groups excluding carboxylic acids is 1. The Bertz CT molecular complexity index is 519. The van der Waals surface area contributed by atoms with Gasteiger partial charge in [0.1, 0.15) is 5.75 Å². The van der Waals surface area contributed by atoms with Gasteiger partial charge in [0.15, 0.2) is 6.61 Å². The maximum Gasteiger partial charge on any atom is 0.258 e. The third-order valence-electron chi connectivity index (χ3n) is 4.13. The normalized spacial score (nSPS) is 24.9. The van der Waals surface area contributed by atoms with Crippen LogP contribution >= 0.6 is 0 Å². The summed E-state index contributed by atoms with van der Waals surface area (Å²) in [5, 5.41) is 11.8. The zero-order valence-electron chi connectivity index (χ0n) is 12.6. The van der Waals surface area contributed by atoms with Gasteiger partial charge in [-0.05, 0) is 55.4 Å². The Morgan fingerprint density at radius 1 is 1.33 bits per heavy atom. The predicted octanol–water partition coefficient (Wildman–Crippen LogP) is 2.88. The average molecular weight is 286 g/mol. The number of carbonyl (C=O) groups is 1. The van der Waals surface area contributed by atoms with Crippen molar-refractivity contribution in [3.05, 3.63) is 29.8 Å². The molecule has 1 aliphatic rings. The largest absolute Gasteiger partial charge is 0.484 e. The van der Waals surface area contributed by atoms with Crippen LogP contribution in [0.4, 0.5) is 0 Å². The van der Waals surface area contributed by atoms with Crippen LogP contribution < -0.4 is 10.1 Å². The van der Waals surface area contributed by atoms with E-state index in [9.17, 15) is 4.79 Å². The Hall–Kier alpha value is -2.02. The van der Waals surface area contributed by atoms with Gasteiger partial charge in [0.05, 0.1) is 11.6 Å². The van der Waals surface area contributed by atoms with Crippen LogP contribution in [0.1, 0.15) is 38.7 Å². The molecule has 0 saturated heterocycles. The number of nitrogens with one attached hydrogen (secondary N) is 1. The highest BCUT2D eigenvalue weighted by atomic mass is 16.5. The molecule has 1 aliphatic carbocycles. The highest BCUT2D eigenvalue weighted by Crippen LogP contribution is 2.28. The van der Waals surface area contributed by atoms with Gasteiger partial charge in [-0.2, -0.15) is 5.26 Å². The van der Waals surface area contributed by atoms with Crippen LogP contribution in [0, 0.1) is 23.2 Å². The van der Waals surface area contributed by atoms with Gasteiger partial charge in [0.2, 0.25) is 0 Å². The van der Waals surface area contributed by atoms with E-state index in [0.717, 1.165) is 12.3 Å². The number of ether oxygens (including phenoxy) is 1. The summed E-state index contributed by atoms with van der Waals surface area (Å²) >= 11 is 0. The summed E-state index contributed by atoms with van der Waals surface area (Å²) in [7, 11) is 0. The molecule has 112 valence electrons. The molecule has 4 nitrogen and oxygen atoms in total. The van der Waals surface area contributed by atoms with Crippen molar-refractivity contribution in [2.24, 2.45) is 11.8 Å². The van der Waals surface area contributed by atoms with E-state index in [1.165, 1.54) is 12.8 Å². The Balaban J connectivity index is 1.78. The molecule has 0 aliphatic heterocycles. The molecule has 0 radical (unpaired) electrons. The zero-order valence-corrected chi connectivity index (χ0v) is 12.6. The number of hydrogen-bond acceptors (Lipinski definition) is 3. The topological polar surface area (TPSA) is 62.1 Å². The maximum atomic E-state index is 11.9. The second-order valence-electron chi connectivity index (χ2n) is 5.99. The number of rotatable bonds is 4. The summed E-state index contributed by atoms with van der Waals surface area (Å²) in [6.45, 7) is 4.48. The van der Waals surface area contributed by atoms with Crippen LogP contribution in [0.15, 0.2) is 24.3 Å². The zero-order chi connectivity index (χ0) is 15.2. The fraction of sp³-hybridized carbons (Fsp3) is 0.529. The van der Waals surface area contributed by atoms with Crippen LogP contribution in [0.5, 0.6) is 5.75 Å². The number of benzene rings is 1. The van der Waals surface area contributed by atoms with Gasteiger partial charge in [-0.3, -0.25) is 4.79 Å². The highest BCUT2D eigenvalue weighted by molar-refractivity contribution is 5.77. The summed E-state index contributed by atoms with van der Waals surface area (Å²) in [6.07, 6.45) is 3.39. The van der Waals surface area contributed by atoms with Crippen molar-refractivity contribution >= 4 is 5.91 Å². The van der Waals surface area contributed by atoms with Gasteiger partial charge in [-0.25, -0.2) is 0 Å². The fourth-order valence-corrected chi connectivity index (χ4v) is 2.90. The number of nitriles is 1. The lowest BCUT2D eigenvalue weighted by atomic mass is 9.80. The lowest BCUT2D eigenvalue weighted by Crippen LogP contribution is -2.44. The van der Waals surface area contributed by atoms with Crippen molar-refractivity contribution in [2.75, 3.05) is 6.61 Å². The van der Waals surface area contributed by atoms with Crippen molar-refractivity contribution < 1.29 is 9.53 Å². The second-order valence-corrected chi connectivity index (χ2v) is 5.99. The number of nitrogens with zero attached hydrogens (tertiary/aromatic N) is 1. The van der Waals surface area contributed by atoms with Gasteiger partial charge >= 0.3 is 0 Å². The molecule has 1 amide bonds. The van der Waals surface area contributed by atoms with E-state index < -0.39 is 0 Å². The van der Waals surface area contributed by atoms with Crippen LogP contribution in [-0.4, -0.2) is 18.6 Å². The molecular formula is C17H22N2O2. The number of amides is 1. The van der Waals surface area contributed by atoms with Gasteiger partial charge in [-0.15, -0.1) is 0 Å². The van der Waals surface area contributed by atoms with E-state index in [-0.39, 0.29) is 18.6 Å². The predicted molar refractivity (Wildman–Crippen MR) is 80.8 cm³/mol. The monoisotopic (exact) mass is 286 g/mol. The smallest absolute Gasteiger partial charge is 0.258 e. The molecule has 1 aromatic carbocycles. The fourth-order valence-electron chi connectivity index (χ4n) is 2.90. The van der Waals surface area contributed by atoms with E-state index in [1.807, 2.05) is 6.07 Å². The molecule has 1 N–H and O–H groups in total. The van der Waals surface area contributed by atoms with E-state index in [4.69, 9.17) is 10.00 Å². The van der Waals surface area contributed by atoms with E-state index >= 15 is 0 Å². The molecule has 2 rings (SSSR count). The molecule has 1 fully saturated rings. The van der Waals surface area contributed by atoms with E-state index in [1.54, 1.807) is 24.3 Å². The first kappa shape index (κ1) is 15.4. The Kier molecular flexibility index (Phi) is 5.21. The molecular weight excluding hydrogens is 264 g/mol. The van der Waals surface area contributed by atoms with E-state index in [0.29, 0.717) is 17.2 Å². The summed E-state index contributed by atoms with van der Waals surface area (Å²) in [5.74, 6) is 1.80. The average Bonchev–Trinajstić information content (AvgIpc) is 2.48. The molecule has 0 heterocycles. The lowest BCUT2D eigenvalue weighted by molar-refractivity contribution is -0.124. The summed E-state index contributed by atoms with van der Waals surface area (Å²) < 4.78 is 5.44. The van der Waals surface area contributed by atoms with Crippen molar-refractivity contribution in [3.63, 3.8) is 0 Å². The molecule has 3 atom stereocenters. The number of hydrogen-bond donors (Lipinski definition) is 1. The minimum absolute atomic E-state index is 0.0185. The van der Waals surface area contributed by atoms with Crippen LogP contribution in [0.25, 0.3) is 0 Å². The second kappa shape index (κ2) is 7.12.